The third kappa shape index (κ3) is 3.02. The van der Waals surface area contributed by atoms with Gasteiger partial charge in [0.1, 0.15) is 12.1 Å². The van der Waals surface area contributed by atoms with Crippen molar-refractivity contribution < 1.29 is 22.0 Å². The van der Waals surface area contributed by atoms with Crippen molar-refractivity contribution in [2.24, 2.45) is 0 Å². The molecule has 0 unspecified atom stereocenters. The molecule has 11 heteroatoms. The molecule has 1 fully saturated rings. The molecule has 0 aliphatic heterocycles. The Labute approximate surface area is 164 Å². The van der Waals surface area contributed by atoms with Crippen molar-refractivity contribution in [3.05, 3.63) is 58.6 Å². The number of hydrogen-bond donors (Lipinski definition) is 0. The molecule has 4 aromatic rings. The Morgan fingerprint density at radius 2 is 1.86 bits per heavy atom. The highest BCUT2D eigenvalue weighted by Crippen LogP contribution is 2.56. The lowest BCUT2D eigenvalue weighted by molar-refractivity contribution is -0.141. The zero-order valence-corrected chi connectivity index (χ0v) is 15.2. The Bertz CT molecular complexity index is 1260. The molecule has 0 radical (unpaired) electrons. The van der Waals surface area contributed by atoms with Crippen LogP contribution in [0.2, 0.25) is 5.15 Å². The number of aromatic nitrogens is 5. The fraction of sp³-hybridized carbons (Fsp3) is 0.278. The second-order valence-corrected chi connectivity index (χ2v) is 7.40. The molecule has 29 heavy (non-hydrogen) atoms. The normalized spacial score (nSPS) is 19.4. The summed E-state index contributed by atoms with van der Waals surface area (Å²) in [7, 11) is 0. The average Bonchev–Trinajstić information content (AvgIpc) is 3.19. The van der Waals surface area contributed by atoms with Crippen LogP contribution >= 0.6 is 11.6 Å². The van der Waals surface area contributed by atoms with Crippen molar-refractivity contribution in [2.45, 2.75) is 31.0 Å². The highest BCUT2D eigenvalue weighted by Gasteiger charge is 2.43. The topological polar surface area (TPSA) is 48.0 Å². The summed E-state index contributed by atoms with van der Waals surface area (Å²) in [4.78, 5) is 4.00. The lowest BCUT2D eigenvalue weighted by atomic mass is 10.0. The minimum absolute atomic E-state index is 0.0641. The molecular formula is C18H11ClF5N5. The average molecular weight is 428 g/mol. The number of alkyl halides is 3. The van der Waals surface area contributed by atoms with Crippen molar-refractivity contribution >= 4 is 28.2 Å². The second kappa shape index (κ2) is 6.12. The number of fused-ring (bicyclic) bond motifs is 2. The summed E-state index contributed by atoms with van der Waals surface area (Å²) in [5.41, 5.74) is 0.991. The first-order chi connectivity index (χ1) is 13.7. The molecule has 1 aliphatic rings. The number of benzene rings is 1. The van der Waals surface area contributed by atoms with E-state index in [0.717, 1.165) is 10.7 Å². The zero-order valence-electron chi connectivity index (χ0n) is 14.5. The largest absolute Gasteiger partial charge is 0.408 e. The molecule has 1 aliphatic carbocycles. The van der Waals surface area contributed by atoms with Gasteiger partial charge in [-0.3, -0.25) is 4.68 Å². The maximum Gasteiger partial charge on any atom is 0.408 e. The van der Waals surface area contributed by atoms with Gasteiger partial charge in [-0.1, -0.05) is 23.7 Å². The maximum atomic E-state index is 15.2. The Hall–Kier alpha value is -2.75. The van der Waals surface area contributed by atoms with Gasteiger partial charge in [0.25, 0.3) is 0 Å². The van der Waals surface area contributed by atoms with E-state index in [9.17, 15) is 17.6 Å². The van der Waals surface area contributed by atoms with Crippen LogP contribution in [0.15, 0.2) is 30.6 Å². The van der Waals surface area contributed by atoms with Crippen LogP contribution in [0.5, 0.6) is 0 Å². The van der Waals surface area contributed by atoms with Crippen molar-refractivity contribution in [1.29, 1.82) is 0 Å². The Morgan fingerprint density at radius 3 is 2.62 bits per heavy atom. The Balaban J connectivity index is 1.55. The summed E-state index contributed by atoms with van der Waals surface area (Å²) in [5.74, 6) is -1.91. The number of halogens is 6. The molecular weight excluding hydrogens is 417 g/mol. The molecule has 5 rings (SSSR count). The molecule has 0 bridgehead atoms. The molecule has 5 nitrogen and oxygen atoms in total. The SMILES string of the molecule is Fc1c([C@H]2C[C@@H]2c2cc(Cl)nn3c(F)cnc23)ccc2cnn(CC(F)(F)F)c12. The smallest absolute Gasteiger partial charge is 0.253 e. The predicted octanol–water partition coefficient (Wildman–Crippen LogP) is 4.84. The van der Waals surface area contributed by atoms with Crippen LogP contribution in [-0.2, 0) is 6.54 Å². The van der Waals surface area contributed by atoms with Gasteiger partial charge < -0.3 is 0 Å². The molecule has 0 N–H and O–H groups in total. The van der Waals surface area contributed by atoms with Gasteiger partial charge in [-0.2, -0.15) is 32.3 Å². The first kappa shape index (κ1) is 18.3. The van der Waals surface area contributed by atoms with E-state index < -0.39 is 24.5 Å². The fourth-order valence-corrected chi connectivity index (χ4v) is 4.01. The first-order valence-corrected chi connectivity index (χ1v) is 9.01. The summed E-state index contributed by atoms with van der Waals surface area (Å²) in [6.45, 7) is -1.38. The van der Waals surface area contributed by atoms with E-state index in [1.807, 2.05) is 0 Å². The van der Waals surface area contributed by atoms with Crippen molar-refractivity contribution in [3.63, 3.8) is 0 Å². The van der Waals surface area contributed by atoms with Crippen LogP contribution in [0.3, 0.4) is 0 Å². The zero-order chi connectivity index (χ0) is 20.5. The van der Waals surface area contributed by atoms with Gasteiger partial charge in [0.15, 0.2) is 16.6 Å². The van der Waals surface area contributed by atoms with Gasteiger partial charge in [0.2, 0.25) is 5.95 Å². The maximum absolute atomic E-state index is 15.2. The summed E-state index contributed by atoms with van der Waals surface area (Å²) in [6.07, 6.45) is -1.77. The van der Waals surface area contributed by atoms with Crippen LogP contribution in [-0.4, -0.2) is 30.6 Å². The monoisotopic (exact) mass is 427 g/mol. The van der Waals surface area contributed by atoms with Crippen LogP contribution in [0.1, 0.15) is 29.4 Å². The minimum atomic E-state index is -4.52. The molecule has 2 atom stereocenters. The van der Waals surface area contributed by atoms with Gasteiger partial charge in [-0.05, 0) is 29.9 Å². The van der Waals surface area contributed by atoms with E-state index in [-0.39, 0.29) is 39.1 Å². The van der Waals surface area contributed by atoms with E-state index in [1.165, 1.54) is 6.20 Å². The van der Waals surface area contributed by atoms with Crippen LogP contribution in [0, 0.1) is 11.8 Å². The van der Waals surface area contributed by atoms with E-state index in [2.05, 4.69) is 15.2 Å². The van der Waals surface area contributed by atoms with Crippen LogP contribution < -0.4 is 0 Å². The summed E-state index contributed by atoms with van der Waals surface area (Å²) >= 11 is 5.98. The number of hydrogen-bond acceptors (Lipinski definition) is 3. The summed E-state index contributed by atoms with van der Waals surface area (Å²) in [6, 6.07) is 4.65. The molecule has 0 spiro atoms. The van der Waals surface area contributed by atoms with Gasteiger partial charge in [0, 0.05) is 10.9 Å². The van der Waals surface area contributed by atoms with Crippen LogP contribution in [0.25, 0.3) is 16.6 Å². The number of rotatable bonds is 3. The van der Waals surface area contributed by atoms with E-state index in [1.54, 1.807) is 18.2 Å². The van der Waals surface area contributed by atoms with Gasteiger partial charge in [0.05, 0.1) is 12.4 Å². The highest BCUT2D eigenvalue weighted by atomic mass is 35.5. The lowest BCUT2D eigenvalue weighted by Crippen LogP contribution is -2.19. The summed E-state index contributed by atoms with van der Waals surface area (Å²) < 4.78 is 68.9. The summed E-state index contributed by atoms with van der Waals surface area (Å²) in [5, 5.41) is 7.88. The quantitative estimate of drug-likeness (QED) is 0.439. The third-order valence-corrected chi connectivity index (χ3v) is 5.30. The number of imidazole rings is 1. The molecule has 1 aromatic carbocycles. The van der Waals surface area contributed by atoms with Crippen LogP contribution in [0.4, 0.5) is 22.0 Å². The second-order valence-electron chi connectivity index (χ2n) is 7.01. The molecule has 150 valence electrons. The van der Waals surface area contributed by atoms with Crippen molar-refractivity contribution in [2.75, 3.05) is 0 Å². The highest BCUT2D eigenvalue weighted by molar-refractivity contribution is 6.29. The Morgan fingerprint density at radius 1 is 1.10 bits per heavy atom. The lowest BCUT2D eigenvalue weighted by Gasteiger charge is -2.10. The van der Waals surface area contributed by atoms with Crippen molar-refractivity contribution in [1.82, 2.24) is 24.4 Å². The van der Waals surface area contributed by atoms with E-state index in [4.69, 9.17) is 11.6 Å². The van der Waals surface area contributed by atoms with Gasteiger partial charge in [-0.25, -0.2) is 9.37 Å². The first-order valence-electron chi connectivity index (χ1n) is 8.63. The minimum Gasteiger partial charge on any atom is -0.253 e. The molecule has 0 amide bonds. The Kier molecular flexibility index (Phi) is 3.86. The van der Waals surface area contributed by atoms with Gasteiger partial charge in [-0.15, -0.1) is 0 Å². The third-order valence-electron chi connectivity index (χ3n) is 5.11. The van der Waals surface area contributed by atoms with E-state index >= 15 is 4.39 Å². The number of nitrogens with zero attached hydrogens (tertiary/aromatic N) is 5. The molecule has 1 saturated carbocycles. The predicted molar refractivity (Wildman–Crippen MR) is 93.8 cm³/mol. The standard InChI is InChI=1S/C18H11ClF5N5/c19-13-4-12(17-25-6-14(20)29(17)27-13)11-3-10(11)9-2-1-8-5-26-28(7-18(22,23)24)16(8)15(9)21/h1-2,4-6,10-11H,3,7H2/t10-,11+/m1/s1. The molecule has 3 heterocycles. The fourth-order valence-electron chi connectivity index (χ4n) is 3.82. The van der Waals surface area contributed by atoms with E-state index in [0.29, 0.717) is 16.7 Å². The van der Waals surface area contributed by atoms with Gasteiger partial charge >= 0.3 is 6.18 Å². The van der Waals surface area contributed by atoms with Crippen molar-refractivity contribution in [3.8, 4) is 0 Å². The molecule has 3 aromatic heterocycles. The molecule has 0 saturated heterocycles.